The summed E-state index contributed by atoms with van der Waals surface area (Å²) in [6.07, 6.45) is 14.6. The largest absolute Gasteiger partial charge is 0.394 e. The number of rotatable bonds is 11. The molecule has 0 spiro atoms. The second-order valence-corrected chi connectivity index (χ2v) is 8.77. The van der Waals surface area contributed by atoms with Crippen LogP contribution in [0.4, 0.5) is 0 Å². The molecule has 2 unspecified atom stereocenters. The van der Waals surface area contributed by atoms with Gasteiger partial charge in [0, 0.05) is 0 Å². The Morgan fingerprint density at radius 1 is 0.905 bits per heavy atom. The van der Waals surface area contributed by atoms with E-state index in [0.717, 1.165) is 9.09 Å². The summed E-state index contributed by atoms with van der Waals surface area (Å²) in [6.45, 7) is 7.05. The van der Waals surface area contributed by atoms with Crippen LogP contribution in [0.5, 0.6) is 0 Å². The van der Waals surface area contributed by atoms with Crippen LogP contribution in [0, 0.1) is 5.92 Å². The first-order valence-corrected chi connectivity index (χ1v) is 11.0. The molecule has 0 fully saturated rings. The maximum absolute atomic E-state index is 8.74. The molecule has 0 aliphatic rings. The van der Waals surface area contributed by atoms with Crippen LogP contribution in [-0.2, 0) is 10.4 Å². The summed E-state index contributed by atoms with van der Waals surface area (Å²) in [5, 5.41) is 0. The molecule has 0 aromatic rings. The van der Waals surface area contributed by atoms with Crippen molar-refractivity contribution < 1.29 is 17.5 Å². The summed E-state index contributed by atoms with van der Waals surface area (Å²) < 4.78 is 32.7. The second-order valence-electron chi connectivity index (χ2n) is 6.24. The molecule has 0 radical (unpaired) electrons. The minimum Gasteiger partial charge on any atom is -0.264 e. The van der Waals surface area contributed by atoms with Gasteiger partial charge < -0.3 is 0 Å². The average Bonchev–Trinajstić information content (AvgIpc) is 2.31. The van der Waals surface area contributed by atoms with Gasteiger partial charge in [-0.1, -0.05) is 0 Å². The SMILES string of the molecule is CCCCCCCC[CH]([Na])CC(C)CCC.O=S(=O)(O)O. The number of unbranched alkanes of at least 4 members (excludes halogenated alkanes) is 5. The Morgan fingerprint density at radius 3 is 1.86 bits per heavy atom. The molecule has 21 heavy (non-hydrogen) atoms. The van der Waals surface area contributed by atoms with Crippen molar-refractivity contribution in [1.29, 1.82) is 0 Å². The van der Waals surface area contributed by atoms with E-state index in [9.17, 15) is 0 Å². The minimum atomic E-state index is -4.67. The van der Waals surface area contributed by atoms with Crippen LogP contribution in [0.3, 0.4) is 0 Å². The Balaban J connectivity index is 0. The summed E-state index contributed by atoms with van der Waals surface area (Å²) in [5.41, 5.74) is 0. The first kappa shape index (κ1) is 24.1. The molecule has 0 aromatic carbocycles. The van der Waals surface area contributed by atoms with E-state index in [1.54, 1.807) is 0 Å². The molecular formula is C15H33NaO4S. The Hall–Kier alpha value is 0.870. The maximum atomic E-state index is 8.74. The van der Waals surface area contributed by atoms with E-state index >= 15 is 0 Å². The molecular weight excluding hydrogens is 299 g/mol. The van der Waals surface area contributed by atoms with Crippen molar-refractivity contribution in [3.63, 3.8) is 0 Å². The number of hydrogen-bond acceptors (Lipinski definition) is 2. The van der Waals surface area contributed by atoms with Gasteiger partial charge in [0.05, 0.1) is 0 Å². The summed E-state index contributed by atoms with van der Waals surface area (Å²) in [4.78, 5) is 0. The molecule has 2 atom stereocenters. The van der Waals surface area contributed by atoms with Gasteiger partial charge in [0.25, 0.3) is 0 Å². The number of hydrogen-bond donors (Lipinski definition) is 2. The summed E-state index contributed by atoms with van der Waals surface area (Å²) in [6, 6.07) is 0. The first-order chi connectivity index (χ1) is 9.70. The summed E-state index contributed by atoms with van der Waals surface area (Å²) in [7, 11) is -4.67. The normalized spacial score (nSPS) is 14.2. The Morgan fingerprint density at radius 2 is 1.38 bits per heavy atom. The zero-order chi connectivity index (χ0) is 16.7. The Kier molecular flexibility index (Phi) is 18.1. The molecule has 0 saturated carbocycles. The molecule has 0 saturated heterocycles. The van der Waals surface area contributed by atoms with Crippen molar-refractivity contribution in [2.45, 2.75) is 88.1 Å². The van der Waals surface area contributed by atoms with E-state index in [-0.39, 0.29) is 0 Å². The predicted molar refractivity (Wildman–Crippen MR) is 90.4 cm³/mol. The fourth-order valence-electron chi connectivity index (χ4n) is 2.69. The van der Waals surface area contributed by atoms with E-state index in [0.29, 0.717) is 0 Å². The van der Waals surface area contributed by atoms with Crippen molar-refractivity contribution in [3.8, 4) is 0 Å². The van der Waals surface area contributed by atoms with Crippen LogP contribution < -0.4 is 0 Å². The first-order valence-electron chi connectivity index (χ1n) is 8.40. The van der Waals surface area contributed by atoms with Crippen LogP contribution in [-0.4, -0.2) is 45.5 Å². The molecule has 0 bridgehead atoms. The molecule has 2 N–H and O–H groups in total. The molecule has 124 valence electrons. The fourth-order valence-corrected chi connectivity index (χ4v) is 3.90. The molecule has 0 heterocycles. The third kappa shape index (κ3) is 29.5. The molecule has 0 amide bonds. The summed E-state index contributed by atoms with van der Waals surface area (Å²) >= 11 is 1.41. The van der Waals surface area contributed by atoms with Gasteiger partial charge in [-0.3, -0.25) is 9.11 Å². The Labute approximate surface area is 149 Å². The van der Waals surface area contributed by atoms with Gasteiger partial charge in [0.2, 0.25) is 0 Å². The molecule has 0 aliphatic carbocycles. The quantitative estimate of drug-likeness (QED) is 0.322. The smallest absolute Gasteiger partial charge is 0.264 e. The van der Waals surface area contributed by atoms with E-state index in [1.165, 1.54) is 92.1 Å². The van der Waals surface area contributed by atoms with Crippen molar-refractivity contribution in [3.05, 3.63) is 0 Å². The van der Waals surface area contributed by atoms with Crippen LogP contribution in [0.15, 0.2) is 0 Å². The minimum absolute atomic E-state index is 0.979. The average molecular weight is 332 g/mol. The van der Waals surface area contributed by atoms with E-state index in [1.807, 2.05) is 0 Å². The van der Waals surface area contributed by atoms with E-state index < -0.39 is 10.4 Å². The molecule has 0 aromatic heterocycles. The van der Waals surface area contributed by atoms with Crippen LogP contribution in [0.2, 0.25) is 3.17 Å². The van der Waals surface area contributed by atoms with Crippen molar-refractivity contribution in [2.24, 2.45) is 5.92 Å². The molecule has 0 aliphatic heterocycles. The van der Waals surface area contributed by atoms with E-state index in [2.05, 4.69) is 20.8 Å². The van der Waals surface area contributed by atoms with Gasteiger partial charge in [-0.2, -0.15) is 8.42 Å². The zero-order valence-corrected chi connectivity index (χ0v) is 17.2. The standard InChI is InChI=1S/C15H31.Na.H2O4S/c1-4-6-7-8-9-10-11-12-14-15(3)13-5-2;;1-5(2,3)4/h12,15H,4-11,13-14H2,1-3H3;;(H2,1,2,3,4). The molecule has 0 rings (SSSR count). The fraction of sp³-hybridized carbons (Fsp3) is 1.00. The topological polar surface area (TPSA) is 74.6 Å². The molecule has 4 nitrogen and oxygen atoms in total. The van der Waals surface area contributed by atoms with Crippen molar-refractivity contribution in [2.75, 3.05) is 0 Å². The van der Waals surface area contributed by atoms with E-state index in [4.69, 9.17) is 17.5 Å². The predicted octanol–water partition coefficient (Wildman–Crippen LogP) is 4.87. The second kappa shape index (κ2) is 15.8. The van der Waals surface area contributed by atoms with Gasteiger partial charge in [-0.25, -0.2) is 0 Å². The van der Waals surface area contributed by atoms with Crippen molar-refractivity contribution >= 4 is 38.3 Å². The van der Waals surface area contributed by atoms with Gasteiger partial charge in [-0.05, 0) is 0 Å². The maximum Gasteiger partial charge on any atom is 0.394 e. The van der Waals surface area contributed by atoms with Gasteiger partial charge >= 0.3 is 132 Å². The van der Waals surface area contributed by atoms with Gasteiger partial charge in [-0.15, -0.1) is 0 Å². The van der Waals surface area contributed by atoms with Gasteiger partial charge in [0.15, 0.2) is 0 Å². The van der Waals surface area contributed by atoms with Crippen LogP contribution >= 0.6 is 0 Å². The Bertz CT molecular complexity index is 299. The van der Waals surface area contributed by atoms with Gasteiger partial charge in [0.1, 0.15) is 0 Å². The monoisotopic (exact) mass is 332 g/mol. The zero-order valence-electron chi connectivity index (χ0n) is 14.3. The summed E-state index contributed by atoms with van der Waals surface area (Å²) in [5.74, 6) is 0.979. The van der Waals surface area contributed by atoms with Crippen LogP contribution in [0.1, 0.15) is 85.0 Å². The van der Waals surface area contributed by atoms with Crippen molar-refractivity contribution in [1.82, 2.24) is 0 Å². The van der Waals surface area contributed by atoms with Crippen LogP contribution in [0.25, 0.3) is 0 Å². The third-order valence-corrected chi connectivity index (χ3v) is 4.69. The third-order valence-electron chi connectivity index (χ3n) is 3.64. The molecule has 6 heteroatoms.